The van der Waals surface area contributed by atoms with E-state index in [0.29, 0.717) is 0 Å². The third-order valence-electron chi connectivity index (χ3n) is 2.96. The van der Waals surface area contributed by atoms with Gasteiger partial charge in [-0.3, -0.25) is 0 Å². The average molecular weight is 250 g/mol. The lowest BCUT2D eigenvalue weighted by Crippen LogP contribution is -1.86. The van der Waals surface area contributed by atoms with Crippen LogP contribution in [0.25, 0.3) is 0 Å². The molecule has 0 radical (unpaired) electrons. The van der Waals surface area contributed by atoms with Crippen LogP contribution in [0.3, 0.4) is 0 Å². The summed E-state index contributed by atoms with van der Waals surface area (Å²) in [7, 11) is 0. The van der Waals surface area contributed by atoms with Gasteiger partial charge in [0.2, 0.25) is 0 Å². The lowest BCUT2D eigenvalue weighted by Gasteiger charge is -2.09. The first-order valence-corrected chi connectivity index (χ1v) is 6.91. The quantitative estimate of drug-likeness (QED) is 0.708. The summed E-state index contributed by atoms with van der Waals surface area (Å²) >= 11 is 1.84. The lowest BCUT2D eigenvalue weighted by molar-refractivity contribution is 1.22. The summed E-state index contributed by atoms with van der Waals surface area (Å²) in [5.41, 5.74) is 2.77. The first-order valence-electron chi connectivity index (χ1n) is 6.10. The molecular formula is C17H14S. The van der Waals surface area contributed by atoms with Crippen LogP contribution >= 0.6 is 11.8 Å². The fraction of sp³-hybridized carbons (Fsp3) is 0.0588. The average Bonchev–Trinajstić information content (AvgIpc) is 2.75. The van der Waals surface area contributed by atoms with E-state index in [9.17, 15) is 0 Å². The summed E-state index contributed by atoms with van der Waals surface area (Å²) in [6.07, 6.45) is 16.2. The van der Waals surface area contributed by atoms with Crippen molar-refractivity contribution in [1.82, 2.24) is 0 Å². The minimum atomic E-state index is 1.02. The normalized spacial score (nSPS) is 17.4. The number of hydrogen-bond donors (Lipinski definition) is 0. The maximum Gasteiger partial charge on any atom is 0.0157 e. The van der Waals surface area contributed by atoms with E-state index in [1.54, 1.807) is 0 Å². The Hall–Kier alpha value is -1.73. The van der Waals surface area contributed by atoms with E-state index in [1.165, 1.54) is 20.9 Å². The Bertz CT molecular complexity index is 583. The van der Waals surface area contributed by atoms with Crippen molar-refractivity contribution in [2.45, 2.75) is 11.3 Å². The van der Waals surface area contributed by atoms with Gasteiger partial charge in [-0.25, -0.2) is 0 Å². The minimum Gasteiger partial charge on any atom is -0.0898 e. The predicted octanol–water partition coefficient (Wildman–Crippen LogP) is 5.05. The number of allylic oxidation sites excluding steroid dienone is 9. The first kappa shape index (κ1) is 11.4. The van der Waals surface area contributed by atoms with Crippen molar-refractivity contribution in [2.24, 2.45) is 0 Å². The van der Waals surface area contributed by atoms with Crippen molar-refractivity contribution in [2.75, 3.05) is 0 Å². The zero-order chi connectivity index (χ0) is 12.2. The Morgan fingerprint density at radius 3 is 2.56 bits per heavy atom. The van der Waals surface area contributed by atoms with Gasteiger partial charge in [0.1, 0.15) is 0 Å². The first-order chi connectivity index (χ1) is 8.92. The molecule has 2 bridgehead atoms. The molecule has 0 nitrogen and oxygen atoms in total. The van der Waals surface area contributed by atoms with E-state index in [1.807, 2.05) is 11.8 Å². The molecule has 0 unspecified atom stereocenters. The van der Waals surface area contributed by atoms with Crippen LogP contribution in [-0.2, 0) is 0 Å². The molecule has 2 aliphatic rings. The van der Waals surface area contributed by atoms with Crippen LogP contribution in [0.2, 0.25) is 0 Å². The summed E-state index contributed by atoms with van der Waals surface area (Å²) in [5.74, 6) is 0. The van der Waals surface area contributed by atoms with Crippen LogP contribution in [0.4, 0.5) is 0 Å². The third kappa shape index (κ3) is 2.57. The summed E-state index contributed by atoms with van der Waals surface area (Å²) in [6.45, 7) is 0. The Balaban J connectivity index is 1.90. The van der Waals surface area contributed by atoms with Crippen LogP contribution < -0.4 is 0 Å². The van der Waals surface area contributed by atoms with E-state index in [2.05, 4.69) is 72.9 Å². The van der Waals surface area contributed by atoms with Gasteiger partial charge in [0, 0.05) is 9.80 Å². The summed E-state index contributed by atoms with van der Waals surface area (Å²) in [6, 6.07) is 10.5. The molecule has 0 fully saturated rings. The smallest absolute Gasteiger partial charge is 0.0157 e. The Labute approximate surface area is 112 Å². The van der Waals surface area contributed by atoms with Crippen LogP contribution in [0.5, 0.6) is 0 Å². The molecule has 1 heteroatoms. The van der Waals surface area contributed by atoms with Gasteiger partial charge in [0.25, 0.3) is 0 Å². The second-order valence-corrected chi connectivity index (χ2v) is 5.42. The molecule has 1 aromatic rings. The van der Waals surface area contributed by atoms with Crippen molar-refractivity contribution in [1.29, 1.82) is 0 Å². The predicted molar refractivity (Wildman–Crippen MR) is 79.4 cm³/mol. The summed E-state index contributed by atoms with van der Waals surface area (Å²) in [4.78, 5) is 2.63. The van der Waals surface area contributed by atoms with E-state index < -0.39 is 0 Å². The number of benzene rings is 1. The van der Waals surface area contributed by atoms with Crippen LogP contribution in [0.1, 0.15) is 6.42 Å². The van der Waals surface area contributed by atoms with Crippen molar-refractivity contribution >= 4 is 11.8 Å². The second-order valence-electron chi connectivity index (χ2n) is 4.30. The van der Waals surface area contributed by atoms with Crippen LogP contribution in [0.15, 0.2) is 93.8 Å². The topological polar surface area (TPSA) is 0 Å². The molecule has 88 valence electrons. The van der Waals surface area contributed by atoms with E-state index in [4.69, 9.17) is 0 Å². The van der Waals surface area contributed by atoms with E-state index in [-0.39, 0.29) is 0 Å². The maximum atomic E-state index is 2.22. The summed E-state index contributed by atoms with van der Waals surface area (Å²) in [5, 5.41) is 0. The van der Waals surface area contributed by atoms with Crippen LogP contribution in [-0.4, -0.2) is 0 Å². The third-order valence-corrected chi connectivity index (χ3v) is 4.08. The molecule has 0 atom stereocenters. The molecule has 0 aliphatic heterocycles. The Morgan fingerprint density at radius 2 is 1.67 bits per heavy atom. The van der Waals surface area contributed by atoms with Crippen LogP contribution in [0, 0.1) is 0 Å². The molecule has 0 N–H and O–H groups in total. The zero-order valence-corrected chi connectivity index (χ0v) is 10.9. The highest BCUT2D eigenvalue weighted by molar-refractivity contribution is 8.03. The summed E-state index contributed by atoms with van der Waals surface area (Å²) < 4.78 is 0. The van der Waals surface area contributed by atoms with Gasteiger partial charge in [-0.2, -0.15) is 0 Å². The van der Waals surface area contributed by atoms with Crippen molar-refractivity contribution < 1.29 is 0 Å². The standard InChI is InChI=1S/C17H14S/c1-2-10-16(11-3-1)18-17-12-6-8-14-7-4-5-9-15(17)13-14/h1-12H,13H2. The van der Waals surface area contributed by atoms with Gasteiger partial charge in [0.15, 0.2) is 0 Å². The minimum absolute atomic E-state index is 1.02. The highest BCUT2D eigenvalue weighted by Crippen LogP contribution is 2.36. The molecular weight excluding hydrogens is 236 g/mol. The van der Waals surface area contributed by atoms with Crippen molar-refractivity contribution in [3.63, 3.8) is 0 Å². The Kier molecular flexibility index (Phi) is 3.33. The van der Waals surface area contributed by atoms with E-state index in [0.717, 1.165) is 6.42 Å². The molecule has 0 aromatic heterocycles. The van der Waals surface area contributed by atoms with Gasteiger partial charge >= 0.3 is 0 Å². The molecule has 0 saturated heterocycles. The lowest BCUT2D eigenvalue weighted by atomic mass is 10.1. The number of rotatable bonds is 2. The second kappa shape index (κ2) is 5.28. The molecule has 0 amide bonds. The number of hydrogen-bond acceptors (Lipinski definition) is 1. The van der Waals surface area contributed by atoms with Gasteiger partial charge in [-0.1, -0.05) is 66.4 Å². The largest absolute Gasteiger partial charge is 0.0898 e. The van der Waals surface area contributed by atoms with Gasteiger partial charge in [-0.15, -0.1) is 0 Å². The zero-order valence-electron chi connectivity index (χ0n) is 10.0. The molecule has 0 saturated carbocycles. The molecule has 0 spiro atoms. The SMILES string of the molecule is C1=CC=C2CC(=C1)C=CC=C2Sc1ccccc1. The van der Waals surface area contributed by atoms with E-state index >= 15 is 0 Å². The molecule has 1 aromatic carbocycles. The monoisotopic (exact) mass is 250 g/mol. The maximum absolute atomic E-state index is 2.22. The van der Waals surface area contributed by atoms with Crippen molar-refractivity contribution in [3.05, 3.63) is 88.9 Å². The van der Waals surface area contributed by atoms with Gasteiger partial charge < -0.3 is 0 Å². The molecule has 2 aliphatic carbocycles. The van der Waals surface area contributed by atoms with Crippen molar-refractivity contribution in [3.8, 4) is 0 Å². The van der Waals surface area contributed by atoms with Gasteiger partial charge in [-0.05, 0) is 35.8 Å². The number of fused-ring (bicyclic) bond motifs is 2. The highest BCUT2D eigenvalue weighted by atomic mass is 32.2. The molecule has 3 rings (SSSR count). The van der Waals surface area contributed by atoms with Gasteiger partial charge in [0.05, 0.1) is 0 Å². The fourth-order valence-corrected chi connectivity index (χ4v) is 3.02. The fourth-order valence-electron chi connectivity index (χ4n) is 2.05. The number of thioether (sulfide) groups is 1. The highest BCUT2D eigenvalue weighted by Gasteiger charge is 2.11. The molecule has 0 heterocycles. The molecule has 18 heavy (non-hydrogen) atoms. The Morgan fingerprint density at radius 1 is 0.833 bits per heavy atom.